The van der Waals surface area contributed by atoms with Crippen LogP contribution in [0.15, 0.2) is 114 Å². The molecular formula is C49H47ClN8O7S. The Hall–Kier alpha value is -6.93. The molecule has 4 aromatic carbocycles. The third-order valence-electron chi connectivity index (χ3n) is 12.5. The minimum absolute atomic E-state index is 0.00567. The lowest BCUT2D eigenvalue weighted by Gasteiger charge is -2.39. The van der Waals surface area contributed by atoms with Gasteiger partial charge < -0.3 is 24.7 Å². The van der Waals surface area contributed by atoms with Crippen LogP contribution in [0.25, 0.3) is 16.6 Å². The van der Waals surface area contributed by atoms with Gasteiger partial charge >= 0.3 is 0 Å². The molecule has 1 atom stereocenters. The number of halogens is 1. The maximum Gasteiger partial charge on any atom is 0.297 e. The van der Waals surface area contributed by atoms with Crippen LogP contribution >= 0.6 is 11.6 Å². The summed E-state index contributed by atoms with van der Waals surface area (Å²) >= 11 is 6.25. The first-order valence-corrected chi connectivity index (χ1v) is 23.5. The smallest absolute Gasteiger partial charge is 0.297 e. The van der Waals surface area contributed by atoms with Gasteiger partial charge in [-0.3, -0.25) is 19.8 Å². The molecule has 1 saturated heterocycles. The monoisotopic (exact) mass is 926 g/mol. The summed E-state index contributed by atoms with van der Waals surface area (Å²) in [7, 11) is -4.70. The normalized spacial score (nSPS) is 17.3. The molecule has 0 spiro atoms. The number of nitro groups is 1. The van der Waals surface area contributed by atoms with Crippen LogP contribution in [0.2, 0.25) is 5.02 Å². The zero-order chi connectivity index (χ0) is 46.2. The van der Waals surface area contributed by atoms with Gasteiger partial charge in [0, 0.05) is 73.2 Å². The number of amides is 1. The number of aromatic amines is 1. The summed E-state index contributed by atoms with van der Waals surface area (Å²) in [6, 6.07) is 27.5. The standard InChI is InChI=1S/C49H47ClN8O7S/c1-49(2)15-13-35(42(26-49)31-7-9-36(50)10-8-31)29-56-17-19-57(20-18-56)38-11-12-41(44(23-38)65-39-22-33-14-16-52-47(33)53-28-39)48(59)55-66(62,63)40-24-43(58(60)61)46-45(25-40)64-30-37(54-46)21-32-5-3-4-6-34(32)27-51/h3-12,14,16,22-25,28,37,54H,13,15,17-21,26,29-30H2,1-2H3,(H,52,53)(H,55,59)/t37-/m0/s1. The van der Waals surface area contributed by atoms with E-state index < -0.39 is 37.5 Å². The highest BCUT2D eigenvalue weighted by Crippen LogP contribution is 2.44. The molecule has 0 unspecified atom stereocenters. The van der Waals surface area contributed by atoms with E-state index in [0.717, 1.165) is 72.7 Å². The van der Waals surface area contributed by atoms with Crippen molar-refractivity contribution in [2.45, 2.75) is 50.5 Å². The summed E-state index contributed by atoms with van der Waals surface area (Å²) in [5, 5.41) is 26.5. The van der Waals surface area contributed by atoms with Crippen LogP contribution in [0.5, 0.6) is 17.2 Å². The summed E-state index contributed by atoms with van der Waals surface area (Å²) in [5.41, 5.74) is 6.26. The average molecular weight is 927 g/mol. The van der Waals surface area contributed by atoms with Crippen molar-refractivity contribution in [3.05, 3.63) is 146 Å². The van der Waals surface area contributed by atoms with E-state index in [4.69, 9.17) is 21.1 Å². The van der Waals surface area contributed by atoms with Crippen molar-refractivity contribution in [1.82, 2.24) is 19.6 Å². The van der Waals surface area contributed by atoms with Crippen LogP contribution in [-0.4, -0.2) is 79.5 Å². The van der Waals surface area contributed by atoms with Crippen LogP contribution in [0.4, 0.5) is 17.1 Å². The Kier molecular flexibility index (Phi) is 12.2. The second-order valence-corrected chi connectivity index (χ2v) is 19.8. The van der Waals surface area contributed by atoms with Crippen LogP contribution in [0.3, 0.4) is 0 Å². The molecule has 4 heterocycles. The number of rotatable bonds is 12. The first-order chi connectivity index (χ1) is 31.7. The highest BCUT2D eigenvalue weighted by Gasteiger charge is 2.33. The number of benzene rings is 4. The number of hydrogen-bond acceptors (Lipinski definition) is 12. The molecule has 0 radical (unpaired) electrons. The molecule has 6 aromatic rings. The van der Waals surface area contributed by atoms with Gasteiger partial charge in [0.25, 0.3) is 21.6 Å². The van der Waals surface area contributed by atoms with Crippen molar-refractivity contribution in [2.75, 3.05) is 49.5 Å². The van der Waals surface area contributed by atoms with Crippen molar-refractivity contribution < 1.29 is 27.6 Å². The van der Waals surface area contributed by atoms with E-state index >= 15 is 0 Å². The molecule has 0 bridgehead atoms. The average Bonchev–Trinajstić information content (AvgIpc) is 3.78. The highest BCUT2D eigenvalue weighted by molar-refractivity contribution is 7.90. The zero-order valence-electron chi connectivity index (χ0n) is 36.3. The Labute approximate surface area is 387 Å². The van der Waals surface area contributed by atoms with E-state index in [-0.39, 0.29) is 34.8 Å². The number of nitriles is 1. The van der Waals surface area contributed by atoms with Crippen LogP contribution in [0.1, 0.15) is 60.2 Å². The maximum atomic E-state index is 14.1. The molecule has 3 aliphatic rings. The molecule has 9 rings (SSSR count). The van der Waals surface area contributed by atoms with Crippen molar-refractivity contribution >= 4 is 61.2 Å². The number of anilines is 2. The van der Waals surface area contributed by atoms with Gasteiger partial charge in [0.05, 0.1) is 39.3 Å². The van der Waals surface area contributed by atoms with Gasteiger partial charge in [-0.1, -0.05) is 61.4 Å². The van der Waals surface area contributed by atoms with E-state index in [0.29, 0.717) is 36.5 Å². The Bertz CT molecular complexity index is 3050. The third kappa shape index (κ3) is 9.55. The van der Waals surface area contributed by atoms with E-state index in [1.165, 1.54) is 29.0 Å². The minimum atomic E-state index is -4.70. The van der Waals surface area contributed by atoms with Gasteiger partial charge in [-0.2, -0.15) is 5.26 Å². The fraction of sp³-hybridized carbons (Fsp3) is 0.286. The molecule has 66 heavy (non-hydrogen) atoms. The topological polar surface area (TPSA) is 196 Å². The number of nitrogens with zero attached hydrogens (tertiary/aromatic N) is 5. The predicted molar refractivity (Wildman–Crippen MR) is 253 cm³/mol. The Morgan fingerprint density at radius 3 is 2.62 bits per heavy atom. The summed E-state index contributed by atoms with van der Waals surface area (Å²) in [6.07, 6.45) is 6.74. The van der Waals surface area contributed by atoms with Crippen molar-refractivity contribution in [3.63, 3.8) is 0 Å². The van der Waals surface area contributed by atoms with Crippen LogP contribution in [-0.2, 0) is 16.4 Å². The quantitative estimate of drug-likeness (QED) is 0.0779. The fourth-order valence-electron chi connectivity index (χ4n) is 8.97. The number of nitro benzene ring substituents is 1. The number of allylic oxidation sites excluding steroid dienone is 1. The minimum Gasteiger partial charge on any atom is -0.489 e. The lowest BCUT2D eigenvalue weighted by atomic mass is 9.72. The first kappa shape index (κ1) is 44.3. The maximum absolute atomic E-state index is 14.1. The highest BCUT2D eigenvalue weighted by atomic mass is 35.5. The zero-order valence-corrected chi connectivity index (χ0v) is 37.9. The number of ether oxygens (including phenoxy) is 2. The second kappa shape index (κ2) is 18.2. The summed E-state index contributed by atoms with van der Waals surface area (Å²) < 4.78 is 42.2. The van der Waals surface area contributed by atoms with Gasteiger partial charge in [0.1, 0.15) is 23.8 Å². The molecule has 15 nitrogen and oxygen atoms in total. The Morgan fingerprint density at radius 1 is 1.06 bits per heavy atom. The van der Waals surface area contributed by atoms with Gasteiger partial charge in [-0.25, -0.2) is 18.1 Å². The summed E-state index contributed by atoms with van der Waals surface area (Å²) in [4.78, 5) is 37.3. The van der Waals surface area contributed by atoms with Crippen molar-refractivity contribution in [3.8, 4) is 23.3 Å². The van der Waals surface area contributed by atoms with Gasteiger partial charge in [-0.05, 0) is 90.3 Å². The van der Waals surface area contributed by atoms with E-state index in [9.17, 15) is 28.6 Å². The number of sulfonamides is 1. The van der Waals surface area contributed by atoms with Gasteiger partial charge in [0.2, 0.25) is 0 Å². The van der Waals surface area contributed by atoms with Crippen molar-refractivity contribution in [2.24, 2.45) is 5.41 Å². The Morgan fingerprint density at radius 2 is 1.85 bits per heavy atom. The third-order valence-corrected chi connectivity index (χ3v) is 14.1. The molecule has 17 heteroatoms. The van der Waals surface area contributed by atoms with E-state index in [2.05, 4.69) is 61.9 Å². The first-order valence-electron chi connectivity index (χ1n) is 21.7. The van der Waals surface area contributed by atoms with Crippen molar-refractivity contribution in [1.29, 1.82) is 5.26 Å². The molecule has 1 amide bonds. The number of fused-ring (bicyclic) bond motifs is 2. The number of H-pyrrole nitrogens is 1. The predicted octanol–water partition coefficient (Wildman–Crippen LogP) is 9.11. The number of hydrogen-bond donors (Lipinski definition) is 3. The van der Waals surface area contributed by atoms with Gasteiger partial charge in [-0.15, -0.1) is 0 Å². The molecule has 0 saturated carbocycles. The summed E-state index contributed by atoms with van der Waals surface area (Å²) in [5.74, 6) is -0.655. The SMILES string of the molecule is CC1(C)CCC(CN2CCN(c3ccc(C(=O)NS(=O)(=O)c4cc5c(c([N+](=O)[O-])c4)N[C@@H](Cc4ccccc4C#N)CO5)c(Oc4cnc5[nH]ccc5c4)c3)CC2)=C(c2ccc(Cl)cc2)C1. The molecule has 2 aromatic heterocycles. The van der Waals surface area contributed by atoms with E-state index in [1.54, 1.807) is 48.7 Å². The van der Waals surface area contributed by atoms with Gasteiger partial charge in [0.15, 0.2) is 11.4 Å². The van der Waals surface area contributed by atoms with Crippen LogP contribution < -0.4 is 24.4 Å². The number of carbonyl (C=O) groups is 1. The van der Waals surface area contributed by atoms with Crippen LogP contribution in [0, 0.1) is 26.9 Å². The second-order valence-electron chi connectivity index (χ2n) is 17.7. The molecule has 2 aliphatic heterocycles. The lowest BCUT2D eigenvalue weighted by Crippen LogP contribution is -2.47. The molecule has 338 valence electrons. The number of aromatic nitrogens is 2. The lowest BCUT2D eigenvalue weighted by molar-refractivity contribution is -0.384. The molecule has 3 N–H and O–H groups in total. The largest absolute Gasteiger partial charge is 0.489 e. The number of carbonyl (C=O) groups excluding carboxylic acids is 1. The molecule has 1 fully saturated rings. The molecule has 1 aliphatic carbocycles. The van der Waals surface area contributed by atoms with E-state index in [1.807, 2.05) is 18.2 Å². The number of pyridine rings is 1. The fourth-order valence-corrected chi connectivity index (χ4v) is 10.1. The number of nitrogens with one attached hydrogen (secondary N) is 3. The molecular weight excluding hydrogens is 880 g/mol. The summed E-state index contributed by atoms with van der Waals surface area (Å²) in [6.45, 7) is 8.56. The number of piperazine rings is 1. The Balaban J connectivity index is 0.945.